The lowest BCUT2D eigenvalue weighted by molar-refractivity contribution is -0.136. The Morgan fingerprint density at radius 1 is 1.00 bits per heavy atom. The standard InChI is InChI=1S/C24H22FN3O4/c1-16-7-10-19(11-8-16)27-23(29)24(30)28-26-14-17-9-12-21(22(13-17)31-2)32-15-18-5-3-4-6-20(18)25/h3-14H,15H2,1-2H3,(H,27,29)(H,28,30). The van der Waals surface area contributed by atoms with Crippen LogP contribution in [0, 0.1) is 12.7 Å². The quantitative estimate of drug-likeness (QED) is 0.336. The minimum Gasteiger partial charge on any atom is -0.493 e. The lowest BCUT2D eigenvalue weighted by Crippen LogP contribution is -2.32. The third kappa shape index (κ3) is 6.15. The maximum Gasteiger partial charge on any atom is 0.329 e. The first kappa shape index (κ1) is 22.5. The lowest BCUT2D eigenvalue weighted by atomic mass is 10.2. The molecule has 3 rings (SSSR count). The zero-order chi connectivity index (χ0) is 22.9. The average Bonchev–Trinajstić information content (AvgIpc) is 2.80. The number of rotatable bonds is 7. The van der Waals surface area contributed by atoms with Gasteiger partial charge < -0.3 is 14.8 Å². The summed E-state index contributed by atoms with van der Waals surface area (Å²) in [6.45, 7) is 1.96. The van der Waals surface area contributed by atoms with E-state index in [1.807, 2.05) is 19.1 Å². The molecule has 0 aliphatic carbocycles. The number of hydrogen-bond acceptors (Lipinski definition) is 5. The summed E-state index contributed by atoms with van der Waals surface area (Å²) in [4.78, 5) is 23.9. The normalized spacial score (nSPS) is 10.6. The molecule has 0 heterocycles. The first-order valence-corrected chi connectivity index (χ1v) is 9.71. The van der Waals surface area contributed by atoms with E-state index >= 15 is 0 Å². The Labute approximate surface area is 184 Å². The molecule has 0 spiro atoms. The topological polar surface area (TPSA) is 89.0 Å². The fraction of sp³-hybridized carbons (Fsp3) is 0.125. The van der Waals surface area contributed by atoms with Crippen molar-refractivity contribution in [3.05, 3.63) is 89.2 Å². The molecule has 0 radical (unpaired) electrons. The molecule has 3 aromatic rings. The number of amides is 2. The predicted octanol–water partition coefficient (Wildman–Crippen LogP) is 3.81. The molecule has 7 nitrogen and oxygen atoms in total. The van der Waals surface area contributed by atoms with Crippen molar-refractivity contribution in [1.82, 2.24) is 5.43 Å². The van der Waals surface area contributed by atoms with Crippen LogP contribution in [0.5, 0.6) is 11.5 Å². The van der Waals surface area contributed by atoms with Gasteiger partial charge in [-0.3, -0.25) is 9.59 Å². The van der Waals surface area contributed by atoms with Crippen molar-refractivity contribution in [1.29, 1.82) is 0 Å². The molecule has 3 aromatic carbocycles. The van der Waals surface area contributed by atoms with Crippen LogP contribution in [0.3, 0.4) is 0 Å². The summed E-state index contributed by atoms with van der Waals surface area (Å²) in [5, 5.41) is 6.28. The minimum absolute atomic E-state index is 0.0443. The largest absolute Gasteiger partial charge is 0.493 e. The van der Waals surface area contributed by atoms with Crippen molar-refractivity contribution in [3.8, 4) is 11.5 Å². The number of methoxy groups -OCH3 is 1. The van der Waals surface area contributed by atoms with Crippen LogP contribution in [0.4, 0.5) is 10.1 Å². The first-order valence-electron chi connectivity index (χ1n) is 9.71. The van der Waals surface area contributed by atoms with Crippen molar-refractivity contribution in [2.45, 2.75) is 13.5 Å². The second-order valence-corrected chi connectivity index (χ2v) is 6.81. The van der Waals surface area contributed by atoms with Gasteiger partial charge in [-0.1, -0.05) is 35.9 Å². The average molecular weight is 435 g/mol. The second kappa shape index (κ2) is 10.7. The van der Waals surface area contributed by atoms with Gasteiger partial charge in [0.25, 0.3) is 0 Å². The number of aryl methyl sites for hydroxylation is 1. The van der Waals surface area contributed by atoms with Gasteiger partial charge in [0.2, 0.25) is 0 Å². The van der Waals surface area contributed by atoms with Gasteiger partial charge in [0.05, 0.1) is 13.3 Å². The molecule has 32 heavy (non-hydrogen) atoms. The Bertz CT molecular complexity index is 1130. The summed E-state index contributed by atoms with van der Waals surface area (Å²) in [7, 11) is 1.48. The highest BCUT2D eigenvalue weighted by Gasteiger charge is 2.13. The molecule has 0 saturated heterocycles. The van der Waals surface area contributed by atoms with E-state index in [9.17, 15) is 14.0 Å². The number of hydrogen-bond donors (Lipinski definition) is 2. The van der Waals surface area contributed by atoms with Crippen molar-refractivity contribution >= 4 is 23.7 Å². The fourth-order valence-corrected chi connectivity index (χ4v) is 2.70. The summed E-state index contributed by atoms with van der Waals surface area (Å²) in [5.41, 5.74) is 4.74. The maximum atomic E-state index is 13.7. The van der Waals surface area contributed by atoms with E-state index in [0.717, 1.165) is 5.56 Å². The van der Waals surface area contributed by atoms with E-state index < -0.39 is 11.8 Å². The summed E-state index contributed by atoms with van der Waals surface area (Å²) < 4.78 is 24.7. The highest BCUT2D eigenvalue weighted by Crippen LogP contribution is 2.28. The second-order valence-electron chi connectivity index (χ2n) is 6.81. The van der Waals surface area contributed by atoms with E-state index in [-0.39, 0.29) is 12.4 Å². The van der Waals surface area contributed by atoms with E-state index in [1.54, 1.807) is 48.5 Å². The van der Waals surface area contributed by atoms with Crippen LogP contribution in [0.25, 0.3) is 0 Å². The molecule has 8 heteroatoms. The Kier molecular flexibility index (Phi) is 7.53. The van der Waals surface area contributed by atoms with Crippen LogP contribution in [-0.4, -0.2) is 25.1 Å². The van der Waals surface area contributed by atoms with Crippen molar-refractivity contribution < 1.29 is 23.5 Å². The van der Waals surface area contributed by atoms with Gasteiger partial charge in [0.1, 0.15) is 12.4 Å². The third-order valence-electron chi connectivity index (χ3n) is 4.42. The van der Waals surface area contributed by atoms with E-state index in [4.69, 9.17) is 9.47 Å². The van der Waals surface area contributed by atoms with Gasteiger partial charge in [-0.25, -0.2) is 9.82 Å². The van der Waals surface area contributed by atoms with Gasteiger partial charge in [0, 0.05) is 11.3 Å². The molecule has 0 saturated carbocycles. The highest BCUT2D eigenvalue weighted by atomic mass is 19.1. The highest BCUT2D eigenvalue weighted by molar-refractivity contribution is 6.39. The zero-order valence-corrected chi connectivity index (χ0v) is 17.6. The number of nitrogens with one attached hydrogen (secondary N) is 2. The van der Waals surface area contributed by atoms with Crippen molar-refractivity contribution in [3.63, 3.8) is 0 Å². The molecular weight excluding hydrogens is 413 g/mol. The summed E-state index contributed by atoms with van der Waals surface area (Å²) in [6, 6.07) is 18.4. The Morgan fingerprint density at radius 2 is 1.75 bits per heavy atom. The first-order chi connectivity index (χ1) is 15.5. The molecule has 0 aliphatic heterocycles. The molecule has 2 amide bonds. The van der Waals surface area contributed by atoms with Crippen LogP contribution in [-0.2, 0) is 16.2 Å². The smallest absolute Gasteiger partial charge is 0.329 e. The molecule has 0 unspecified atom stereocenters. The maximum absolute atomic E-state index is 13.7. The molecule has 2 N–H and O–H groups in total. The molecule has 0 atom stereocenters. The molecular formula is C24H22FN3O4. The summed E-state index contributed by atoms with van der Waals surface area (Å²) >= 11 is 0. The molecule has 0 aliphatic rings. The number of benzene rings is 3. The number of carbonyl (C=O) groups is 2. The number of hydrazone groups is 1. The molecule has 0 aromatic heterocycles. The summed E-state index contributed by atoms with van der Waals surface area (Å²) in [6.07, 6.45) is 1.36. The monoisotopic (exact) mass is 435 g/mol. The van der Waals surface area contributed by atoms with Gasteiger partial charge in [-0.15, -0.1) is 0 Å². The van der Waals surface area contributed by atoms with Crippen LogP contribution in [0.2, 0.25) is 0 Å². The zero-order valence-electron chi connectivity index (χ0n) is 17.6. The number of nitrogens with zero attached hydrogens (tertiary/aromatic N) is 1. The Hall–Kier alpha value is -4.20. The predicted molar refractivity (Wildman–Crippen MR) is 119 cm³/mol. The van der Waals surface area contributed by atoms with Crippen molar-refractivity contribution in [2.24, 2.45) is 5.10 Å². The third-order valence-corrected chi connectivity index (χ3v) is 4.42. The van der Waals surface area contributed by atoms with Gasteiger partial charge in [-0.2, -0.15) is 5.10 Å². The Morgan fingerprint density at radius 3 is 2.47 bits per heavy atom. The Balaban J connectivity index is 1.57. The van der Waals surface area contributed by atoms with Crippen molar-refractivity contribution in [2.75, 3.05) is 12.4 Å². The van der Waals surface area contributed by atoms with Gasteiger partial charge in [-0.05, 0) is 48.9 Å². The molecule has 0 fully saturated rings. The van der Waals surface area contributed by atoms with Crippen LogP contribution >= 0.6 is 0 Å². The van der Waals surface area contributed by atoms with Crippen LogP contribution < -0.4 is 20.2 Å². The SMILES string of the molecule is COc1cc(C=NNC(=O)C(=O)Nc2ccc(C)cc2)ccc1OCc1ccccc1F. The van der Waals surface area contributed by atoms with Gasteiger partial charge >= 0.3 is 11.8 Å². The van der Waals surface area contributed by atoms with Crippen LogP contribution in [0.15, 0.2) is 71.8 Å². The number of halogens is 1. The number of anilines is 1. The fourth-order valence-electron chi connectivity index (χ4n) is 2.70. The number of carbonyl (C=O) groups excluding carboxylic acids is 2. The minimum atomic E-state index is -0.904. The van der Waals surface area contributed by atoms with E-state index in [2.05, 4.69) is 15.8 Å². The lowest BCUT2D eigenvalue weighted by Gasteiger charge is -2.11. The van der Waals surface area contributed by atoms with Crippen LogP contribution in [0.1, 0.15) is 16.7 Å². The van der Waals surface area contributed by atoms with E-state index in [0.29, 0.717) is 28.3 Å². The van der Waals surface area contributed by atoms with Gasteiger partial charge in [0.15, 0.2) is 11.5 Å². The summed E-state index contributed by atoms with van der Waals surface area (Å²) in [5.74, 6) is -1.25. The van der Waals surface area contributed by atoms with E-state index in [1.165, 1.54) is 19.4 Å². The molecule has 164 valence electrons. The molecule has 0 bridgehead atoms. The number of ether oxygens (including phenoxy) is 2.